The van der Waals surface area contributed by atoms with Crippen molar-refractivity contribution in [1.29, 1.82) is 0 Å². The highest BCUT2D eigenvalue weighted by Crippen LogP contribution is 2.26. The van der Waals surface area contributed by atoms with Crippen molar-refractivity contribution in [3.63, 3.8) is 0 Å². The lowest BCUT2D eigenvalue weighted by atomic mass is 10.2. The molecule has 31 heavy (non-hydrogen) atoms. The van der Waals surface area contributed by atoms with E-state index in [4.69, 9.17) is 4.74 Å². The van der Waals surface area contributed by atoms with Gasteiger partial charge in [-0.3, -0.25) is 9.10 Å². The van der Waals surface area contributed by atoms with Crippen molar-refractivity contribution in [2.45, 2.75) is 4.90 Å². The number of methoxy groups -OCH3 is 1. The van der Waals surface area contributed by atoms with Crippen molar-refractivity contribution in [2.24, 2.45) is 5.10 Å². The molecule has 160 valence electrons. The van der Waals surface area contributed by atoms with Crippen LogP contribution in [-0.4, -0.2) is 34.2 Å². The zero-order valence-electron chi connectivity index (χ0n) is 16.6. The number of hydrogen-bond acceptors (Lipinski definition) is 5. The summed E-state index contributed by atoms with van der Waals surface area (Å²) in [6.45, 7) is -0.509. The minimum Gasteiger partial charge on any atom is -0.497 e. The van der Waals surface area contributed by atoms with Crippen molar-refractivity contribution in [3.8, 4) is 5.75 Å². The first-order chi connectivity index (χ1) is 14.9. The fourth-order valence-corrected chi connectivity index (χ4v) is 4.13. The molecule has 0 spiro atoms. The smallest absolute Gasteiger partial charge is 0.264 e. The predicted octanol–water partition coefficient (Wildman–Crippen LogP) is 3.18. The Morgan fingerprint density at radius 1 is 1.06 bits per heavy atom. The Balaban J connectivity index is 1.84. The van der Waals surface area contributed by atoms with E-state index in [1.54, 1.807) is 36.4 Å². The molecule has 1 N–H and O–H groups in total. The molecule has 0 saturated heterocycles. The number of nitrogens with zero attached hydrogens (tertiary/aromatic N) is 2. The highest BCUT2D eigenvalue weighted by molar-refractivity contribution is 7.92. The first-order valence-corrected chi connectivity index (χ1v) is 10.6. The maximum absolute atomic E-state index is 13.2. The zero-order valence-corrected chi connectivity index (χ0v) is 17.4. The van der Waals surface area contributed by atoms with Crippen LogP contribution >= 0.6 is 0 Å². The number of carbonyl (C=O) groups excluding carboxylic acids is 1. The van der Waals surface area contributed by atoms with Crippen LogP contribution in [-0.2, 0) is 14.8 Å². The van der Waals surface area contributed by atoms with Gasteiger partial charge < -0.3 is 4.74 Å². The van der Waals surface area contributed by atoms with E-state index in [0.29, 0.717) is 11.3 Å². The molecule has 9 heteroatoms. The maximum atomic E-state index is 13.2. The van der Waals surface area contributed by atoms with E-state index in [1.165, 1.54) is 55.8 Å². The zero-order chi connectivity index (χ0) is 22.3. The van der Waals surface area contributed by atoms with Gasteiger partial charge in [0.25, 0.3) is 15.9 Å². The van der Waals surface area contributed by atoms with Crippen molar-refractivity contribution in [1.82, 2.24) is 5.43 Å². The summed E-state index contributed by atoms with van der Waals surface area (Å²) in [7, 11) is -2.57. The van der Waals surface area contributed by atoms with E-state index >= 15 is 0 Å². The summed E-state index contributed by atoms with van der Waals surface area (Å²) in [5, 5.41) is 3.81. The SMILES string of the molecule is COc1cccc(N(CC(=O)N/N=C\c2ccc(F)cc2)S(=O)(=O)c2ccccc2)c1. The van der Waals surface area contributed by atoms with Gasteiger partial charge in [-0.2, -0.15) is 5.10 Å². The van der Waals surface area contributed by atoms with Gasteiger partial charge in [0.1, 0.15) is 18.1 Å². The van der Waals surface area contributed by atoms with Crippen LogP contribution in [0.5, 0.6) is 5.75 Å². The molecule has 0 bridgehead atoms. The lowest BCUT2D eigenvalue weighted by Crippen LogP contribution is -2.39. The van der Waals surface area contributed by atoms with Gasteiger partial charge in [0.15, 0.2) is 0 Å². The molecule has 0 saturated carbocycles. The standard InChI is InChI=1S/C22H20FN3O4S/c1-30-20-7-5-6-19(14-20)26(31(28,29)21-8-3-2-4-9-21)16-22(27)25-24-15-17-10-12-18(23)13-11-17/h2-15H,16H2,1H3,(H,25,27)/b24-15-. The molecule has 0 heterocycles. The number of hydrogen-bond donors (Lipinski definition) is 1. The van der Waals surface area contributed by atoms with E-state index in [-0.39, 0.29) is 16.4 Å². The van der Waals surface area contributed by atoms with Gasteiger partial charge in [-0.25, -0.2) is 18.2 Å². The van der Waals surface area contributed by atoms with Gasteiger partial charge in [-0.1, -0.05) is 36.4 Å². The number of rotatable bonds is 8. The monoisotopic (exact) mass is 441 g/mol. The topological polar surface area (TPSA) is 88.1 Å². The minimum atomic E-state index is -4.03. The summed E-state index contributed by atoms with van der Waals surface area (Å²) in [6.07, 6.45) is 1.33. The molecule has 3 aromatic rings. The number of anilines is 1. The van der Waals surface area contributed by atoms with Crippen LogP contribution in [0, 0.1) is 5.82 Å². The highest BCUT2D eigenvalue weighted by atomic mass is 32.2. The lowest BCUT2D eigenvalue weighted by molar-refractivity contribution is -0.119. The summed E-state index contributed by atoms with van der Waals surface area (Å²) >= 11 is 0. The molecule has 0 unspecified atom stereocenters. The number of halogens is 1. The number of sulfonamides is 1. The van der Waals surface area contributed by atoms with Crippen LogP contribution in [0.15, 0.2) is 88.9 Å². The lowest BCUT2D eigenvalue weighted by Gasteiger charge is -2.24. The molecule has 7 nitrogen and oxygen atoms in total. The van der Waals surface area contributed by atoms with E-state index in [9.17, 15) is 17.6 Å². The van der Waals surface area contributed by atoms with Crippen molar-refractivity contribution < 1.29 is 22.3 Å². The van der Waals surface area contributed by atoms with Crippen LogP contribution in [0.1, 0.15) is 5.56 Å². The van der Waals surface area contributed by atoms with Gasteiger partial charge in [-0.15, -0.1) is 0 Å². The van der Waals surface area contributed by atoms with Crippen molar-refractivity contribution in [3.05, 3.63) is 90.2 Å². The Morgan fingerprint density at radius 2 is 1.77 bits per heavy atom. The molecule has 3 rings (SSSR count). The number of nitrogens with one attached hydrogen (secondary N) is 1. The maximum Gasteiger partial charge on any atom is 0.264 e. The van der Waals surface area contributed by atoms with Crippen molar-refractivity contribution in [2.75, 3.05) is 18.0 Å². The first-order valence-electron chi connectivity index (χ1n) is 9.19. The van der Waals surface area contributed by atoms with Gasteiger partial charge in [-0.05, 0) is 42.0 Å². The Labute approximate surface area is 179 Å². The summed E-state index contributed by atoms with van der Waals surface area (Å²) in [4.78, 5) is 12.5. The second-order valence-corrected chi connectivity index (χ2v) is 8.23. The van der Waals surface area contributed by atoms with Crippen LogP contribution in [0.4, 0.5) is 10.1 Å². The van der Waals surface area contributed by atoms with Gasteiger partial charge in [0, 0.05) is 6.07 Å². The summed E-state index contributed by atoms with van der Waals surface area (Å²) in [5.41, 5.74) is 3.13. The molecule has 0 atom stereocenters. The number of carbonyl (C=O) groups is 1. The number of hydrazone groups is 1. The van der Waals surface area contributed by atoms with Crippen LogP contribution in [0.25, 0.3) is 0 Å². The molecule has 0 aliphatic heterocycles. The summed E-state index contributed by atoms with van der Waals surface area (Å²) in [6, 6.07) is 19.7. The molecule has 0 aromatic heterocycles. The Hall–Kier alpha value is -3.72. The molecular weight excluding hydrogens is 421 g/mol. The molecule has 0 radical (unpaired) electrons. The fourth-order valence-electron chi connectivity index (χ4n) is 2.69. The average molecular weight is 441 g/mol. The Morgan fingerprint density at radius 3 is 2.45 bits per heavy atom. The normalized spacial score (nSPS) is 11.3. The quantitative estimate of drug-likeness (QED) is 0.430. The summed E-state index contributed by atoms with van der Waals surface area (Å²) < 4.78 is 45.6. The Kier molecular flexibility index (Phi) is 6.99. The molecule has 3 aromatic carbocycles. The van der Waals surface area contributed by atoms with E-state index in [0.717, 1.165) is 4.31 Å². The molecular formula is C22H20FN3O4S. The van der Waals surface area contributed by atoms with Crippen molar-refractivity contribution >= 4 is 27.8 Å². The number of amides is 1. The van der Waals surface area contributed by atoms with E-state index in [2.05, 4.69) is 10.5 Å². The summed E-state index contributed by atoms with van der Waals surface area (Å²) in [5.74, 6) is -0.595. The average Bonchev–Trinajstić information content (AvgIpc) is 2.79. The predicted molar refractivity (Wildman–Crippen MR) is 116 cm³/mol. The first kappa shape index (κ1) is 22.0. The van der Waals surface area contributed by atoms with E-state index < -0.39 is 22.5 Å². The third-order valence-electron chi connectivity index (χ3n) is 4.23. The largest absolute Gasteiger partial charge is 0.497 e. The van der Waals surface area contributed by atoms with Crippen LogP contribution in [0.2, 0.25) is 0 Å². The van der Waals surface area contributed by atoms with Crippen LogP contribution in [0.3, 0.4) is 0 Å². The highest BCUT2D eigenvalue weighted by Gasteiger charge is 2.27. The molecule has 0 aliphatic carbocycles. The number of ether oxygens (including phenoxy) is 1. The second-order valence-electron chi connectivity index (χ2n) is 6.37. The molecule has 0 fully saturated rings. The third kappa shape index (κ3) is 5.67. The van der Waals surface area contributed by atoms with Crippen LogP contribution < -0.4 is 14.5 Å². The molecule has 0 aliphatic rings. The minimum absolute atomic E-state index is 0.0421. The number of benzene rings is 3. The second kappa shape index (κ2) is 9.86. The van der Waals surface area contributed by atoms with Gasteiger partial charge in [0.2, 0.25) is 0 Å². The van der Waals surface area contributed by atoms with E-state index in [1.807, 2.05) is 0 Å². The molecule has 1 amide bonds. The Bertz CT molecular complexity index is 1170. The third-order valence-corrected chi connectivity index (χ3v) is 6.02. The van der Waals surface area contributed by atoms with Gasteiger partial charge in [0.05, 0.1) is 23.9 Å². The van der Waals surface area contributed by atoms with Gasteiger partial charge >= 0.3 is 0 Å². The fraction of sp³-hybridized carbons (Fsp3) is 0.0909.